The molecule has 4 heteroatoms. The van der Waals surface area contributed by atoms with Gasteiger partial charge < -0.3 is 15.0 Å². The molecule has 1 heterocycles. The molecule has 1 saturated carbocycles. The molecule has 1 aromatic rings. The first kappa shape index (κ1) is 7.61. The number of hydrogen-bond donors (Lipinski definition) is 1. The lowest BCUT2D eigenvalue weighted by Gasteiger charge is -2.16. The maximum Gasteiger partial charge on any atom is 0.123 e. The number of methoxy groups -OCH3 is 1. The molecule has 4 nitrogen and oxygen atoms in total. The summed E-state index contributed by atoms with van der Waals surface area (Å²) < 4.78 is 7.15. The molecule has 0 saturated heterocycles. The Morgan fingerprint density at radius 3 is 2.92 bits per heavy atom. The predicted octanol–water partition coefficient (Wildman–Crippen LogP) is 0.601. The van der Waals surface area contributed by atoms with E-state index < -0.39 is 0 Å². The summed E-state index contributed by atoms with van der Waals surface area (Å²) in [5.74, 6) is 0.726. The van der Waals surface area contributed by atoms with Crippen LogP contribution in [0.15, 0.2) is 12.5 Å². The molecule has 2 rings (SSSR count). The van der Waals surface area contributed by atoms with Crippen LogP contribution in [0.4, 0.5) is 5.82 Å². The first-order valence-corrected chi connectivity index (χ1v) is 4.06. The molecule has 12 heavy (non-hydrogen) atoms. The minimum atomic E-state index is 0.120. The lowest BCUT2D eigenvalue weighted by Crippen LogP contribution is -2.23. The van der Waals surface area contributed by atoms with E-state index >= 15 is 0 Å². The zero-order valence-corrected chi connectivity index (χ0v) is 7.16. The average molecular weight is 167 g/mol. The number of nitrogen functional groups attached to an aromatic ring is 1. The second-order valence-corrected chi connectivity index (χ2v) is 3.35. The summed E-state index contributed by atoms with van der Waals surface area (Å²) in [5.41, 5.74) is 5.86. The van der Waals surface area contributed by atoms with Crippen LogP contribution in [0.2, 0.25) is 0 Å². The van der Waals surface area contributed by atoms with Crippen LogP contribution in [-0.4, -0.2) is 23.3 Å². The summed E-state index contributed by atoms with van der Waals surface area (Å²) in [5, 5.41) is 0. The van der Waals surface area contributed by atoms with Crippen LogP contribution < -0.4 is 5.73 Å². The molecule has 1 aliphatic rings. The molecular weight excluding hydrogens is 154 g/mol. The van der Waals surface area contributed by atoms with Crippen LogP contribution in [0, 0.1) is 0 Å². The van der Waals surface area contributed by atoms with Crippen molar-refractivity contribution >= 4 is 5.82 Å². The largest absolute Gasteiger partial charge is 0.384 e. The van der Waals surface area contributed by atoms with Crippen molar-refractivity contribution in [3.8, 4) is 0 Å². The SMILES string of the molecule is COCC1(n2cncc2N)CC1. The van der Waals surface area contributed by atoms with E-state index in [0.717, 1.165) is 25.3 Å². The van der Waals surface area contributed by atoms with Crippen molar-refractivity contribution in [3.05, 3.63) is 12.5 Å². The zero-order valence-electron chi connectivity index (χ0n) is 7.16. The summed E-state index contributed by atoms with van der Waals surface area (Å²) in [7, 11) is 1.72. The van der Waals surface area contributed by atoms with Crippen molar-refractivity contribution in [3.63, 3.8) is 0 Å². The van der Waals surface area contributed by atoms with Crippen molar-refractivity contribution in [1.29, 1.82) is 0 Å². The fraction of sp³-hybridized carbons (Fsp3) is 0.625. The number of rotatable bonds is 3. The highest BCUT2D eigenvalue weighted by Gasteiger charge is 2.45. The number of nitrogens with zero attached hydrogens (tertiary/aromatic N) is 2. The Bertz CT molecular complexity index is 278. The molecule has 1 aliphatic carbocycles. The molecule has 1 fully saturated rings. The fourth-order valence-corrected chi connectivity index (χ4v) is 1.57. The number of ether oxygens (including phenoxy) is 1. The van der Waals surface area contributed by atoms with Gasteiger partial charge in [-0.2, -0.15) is 0 Å². The molecule has 0 amide bonds. The van der Waals surface area contributed by atoms with E-state index in [1.165, 1.54) is 0 Å². The van der Waals surface area contributed by atoms with Crippen LogP contribution in [0.1, 0.15) is 12.8 Å². The van der Waals surface area contributed by atoms with E-state index in [0.29, 0.717) is 0 Å². The van der Waals surface area contributed by atoms with Crippen molar-refractivity contribution in [2.24, 2.45) is 0 Å². The Morgan fingerprint density at radius 1 is 1.75 bits per heavy atom. The highest BCUT2D eigenvalue weighted by Crippen LogP contribution is 2.44. The van der Waals surface area contributed by atoms with Crippen molar-refractivity contribution in [2.45, 2.75) is 18.4 Å². The van der Waals surface area contributed by atoms with Crippen LogP contribution in [0.3, 0.4) is 0 Å². The molecule has 0 atom stereocenters. The topological polar surface area (TPSA) is 53.1 Å². The highest BCUT2D eigenvalue weighted by molar-refractivity contribution is 5.29. The van der Waals surface area contributed by atoms with Crippen LogP contribution in [0.25, 0.3) is 0 Å². The van der Waals surface area contributed by atoms with E-state index in [9.17, 15) is 0 Å². The normalized spacial score (nSPS) is 19.4. The summed E-state index contributed by atoms with van der Waals surface area (Å²) in [6.45, 7) is 0.730. The van der Waals surface area contributed by atoms with Crippen molar-refractivity contribution < 1.29 is 4.74 Å². The second kappa shape index (κ2) is 2.48. The van der Waals surface area contributed by atoms with Gasteiger partial charge in [-0.15, -0.1) is 0 Å². The monoisotopic (exact) mass is 167 g/mol. The van der Waals surface area contributed by atoms with Crippen LogP contribution in [-0.2, 0) is 10.3 Å². The Morgan fingerprint density at radius 2 is 2.50 bits per heavy atom. The Kier molecular flexibility index (Phi) is 1.58. The third kappa shape index (κ3) is 0.992. The van der Waals surface area contributed by atoms with Gasteiger partial charge in [-0.05, 0) is 12.8 Å². The van der Waals surface area contributed by atoms with Gasteiger partial charge in [-0.3, -0.25) is 0 Å². The zero-order chi connectivity index (χ0) is 8.60. The number of aromatic nitrogens is 2. The Labute approximate surface area is 71.3 Å². The average Bonchev–Trinajstić information content (AvgIpc) is 2.68. The number of nitrogens with two attached hydrogens (primary N) is 1. The minimum absolute atomic E-state index is 0.120. The van der Waals surface area contributed by atoms with E-state index in [2.05, 4.69) is 4.98 Å². The molecular formula is C8H13N3O. The maximum atomic E-state index is 5.74. The van der Waals surface area contributed by atoms with E-state index in [1.54, 1.807) is 19.6 Å². The van der Waals surface area contributed by atoms with E-state index in [4.69, 9.17) is 10.5 Å². The Hall–Kier alpha value is -1.03. The summed E-state index contributed by atoms with van der Waals surface area (Å²) >= 11 is 0. The summed E-state index contributed by atoms with van der Waals surface area (Å²) in [6.07, 6.45) is 5.74. The van der Waals surface area contributed by atoms with Gasteiger partial charge in [0.15, 0.2) is 0 Å². The molecule has 0 aromatic carbocycles. The van der Waals surface area contributed by atoms with Gasteiger partial charge in [0.05, 0.1) is 24.7 Å². The highest BCUT2D eigenvalue weighted by atomic mass is 16.5. The van der Waals surface area contributed by atoms with Gasteiger partial charge in [0.25, 0.3) is 0 Å². The van der Waals surface area contributed by atoms with Crippen molar-refractivity contribution in [2.75, 3.05) is 19.5 Å². The molecule has 0 spiro atoms. The lowest BCUT2D eigenvalue weighted by molar-refractivity contribution is 0.145. The van der Waals surface area contributed by atoms with Gasteiger partial charge in [0.2, 0.25) is 0 Å². The van der Waals surface area contributed by atoms with Crippen LogP contribution in [0.5, 0.6) is 0 Å². The number of imidazole rings is 1. The molecule has 0 bridgehead atoms. The molecule has 0 unspecified atom stereocenters. The first-order chi connectivity index (χ1) is 5.78. The van der Waals surface area contributed by atoms with Gasteiger partial charge in [-0.1, -0.05) is 0 Å². The molecule has 2 N–H and O–H groups in total. The molecule has 1 aromatic heterocycles. The number of hydrogen-bond acceptors (Lipinski definition) is 3. The Balaban J connectivity index is 2.24. The standard InChI is InChI=1S/C8H13N3O/c1-12-5-8(2-3-8)11-6-10-4-7(11)9/h4,6H,2-3,5,9H2,1H3. The lowest BCUT2D eigenvalue weighted by atomic mass is 10.3. The van der Waals surface area contributed by atoms with Crippen LogP contribution >= 0.6 is 0 Å². The predicted molar refractivity (Wildman–Crippen MR) is 45.7 cm³/mol. The summed E-state index contributed by atoms with van der Waals surface area (Å²) in [4.78, 5) is 3.99. The third-order valence-electron chi connectivity index (χ3n) is 2.42. The van der Waals surface area contributed by atoms with Gasteiger partial charge in [0, 0.05) is 7.11 Å². The first-order valence-electron chi connectivity index (χ1n) is 4.06. The smallest absolute Gasteiger partial charge is 0.123 e. The minimum Gasteiger partial charge on any atom is -0.384 e. The quantitative estimate of drug-likeness (QED) is 0.717. The summed E-state index contributed by atoms with van der Waals surface area (Å²) in [6, 6.07) is 0. The molecule has 0 radical (unpaired) electrons. The second-order valence-electron chi connectivity index (χ2n) is 3.35. The van der Waals surface area contributed by atoms with E-state index in [1.807, 2.05) is 4.57 Å². The molecule has 0 aliphatic heterocycles. The molecule has 66 valence electrons. The van der Waals surface area contributed by atoms with Crippen molar-refractivity contribution in [1.82, 2.24) is 9.55 Å². The number of anilines is 1. The fourth-order valence-electron chi connectivity index (χ4n) is 1.57. The van der Waals surface area contributed by atoms with E-state index in [-0.39, 0.29) is 5.54 Å². The third-order valence-corrected chi connectivity index (χ3v) is 2.42. The van der Waals surface area contributed by atoms with Gasteiger partial charge in [0.1, 0.15) is 5.82 Å². The maximum absolute atomic E-state index is 5.74. The van der Waals surface area contributed by atoms with Gasteiger partial charge >= 0.3 is 0 Å². The van der Waals surface area contributed by atoms with Gasteiger partial charge in [-0.25, -0.2) is 4.98 Å².